The smallest absolute Gasteiger partial charge is 0.255 e. The van der Waals surface area contributed by atoms with E-state index in [-0.39, 0.29) is 5.91 Å². The van der Waals surface area contributed by atoms with Gasteiger partial charge in [-0.05, 0) is 36.8 Å². The Balaban J connectivity index is 1.69. The number of aromatic nitrogens is 2. The van der Waals surface area contributed by atoms with Gasteiger partial charge >= 0.3 is 0 Å². The normalized spacial score (nSPS) is 10.4. The first kappa shape index (κ1) is 17.5. The number of carbonyl (C=O) groups is 1. The van der Waals surface area contributed by atoms with Gasteiger partial charge in [0.25, 0.3) is 5.91 Å². The second kappa shape index (κ2) is 7.74. The van der Waals surface area contributed by atoms with E-state index in [4.69, 9.17) is 9.47 Å². The van der Waals surface area contributed by atoms with Crippen molar-refractivity contribution in [3.05, 3.63) is 71.8 Å². The molecule has 26 heavy (non-hydrogen) atoms. The van der Waals surface area contributed by atoms with E-state index in [2.05, 4.69) is 14.9 Å². The summed E-state index contributed by atoms with van der Waals surface area (Å²) < 4.78 is 12.5. The number of nitrogens with one attached hydrogen (secondary N) is 1. The molecule has 6 nitrogen and oxygen atoms in total. The quantitative estimate of drug-likeness (QED) is 0.738. The van der Waals surface area contributed by atoms with Gasteiger partial charge in [0.2, 0.25) is 0 Å². The van der Waals surface area contributed by atoms with Crippen molar-refractivity contribution in [1.29, 1.82) is 0 Å². The second-order valence-electron chi connectivity index (χ2n) is 5.82. The fourth-order valence-electron chi connectivity index (χ4n) is 2.65. The molecule has 3 rings (SSSR count). The standard InChI is InChI=1S/C20H21N3O3/c1-14-21-10-11-23(14)13-15-4-6-16(7-5-15)20(24)22-17-8-9-18(25-2)19(12-17)26-3/h4-12H,13H2,1-3H3,(H,22,24). The molecule has 0 fully saturated rings. The summed E-state index contributed by atoms with van der Waals surface area (Å²) in [5.41, 5.74) is 2.34. The molecule has 1 N–H and O–H groups in total. The first-order valence-electron chi connectivity index (χ1n) is 8.20. The molecule has 1 heterocycles. The number of nitrogens with zero attached hydrogens (tertiary/aromatic N) is 2. The van der Waals surface area contributed by atoms with Crippen LogP contribution in [0.2, 0.25) is 0 Å². The van der Waals surface area contributed by atoms with E-state index in [0.717, 1.165) is 17.9 Å². The summed E-state index contributed by atoms with van der Waals surface area (Å²) in [5, 5.41) is 2.87. The zero-order valence-corrected chi connectivity index (χ0v) is 15.0. The van der Waals surface area contributed by atoms with E-state index in [1.54, 1.807) is 38.6 Å². The lowest BCUT2D eigenvalue weighted by molar-refractivity contribution is 0.102. The van der Waals surface area contributed by atoms with E-state index in [0.29, 0.717) is 22.7 Å². The van der Waals surface area contributed by atoms with Crippen molar-refractivity contribution in [2.24, 2.45) is 0 Å². The first-order valence-corrected chi connectivity index (χ1v) is 8.20. The summed E-state index contributed by atoms with van der Waals surface area (Å²) in [5.74, 6) is 1.96. The minimum Gasteiger partial charge on any atom is -0.493 e. The number of rotatable bonds is 6. The molecule has 134 valence electrons. The van der Waals surface area contributed by atoms with Gasteiger partial charge in [-0.1, -0.05) is 12.1 Å². The van der Waals surface area contributed by atoms with Crippen LogP contribution in [0.4, 0.5) is 5.69 Å². The van der Waals surface area contributed by atoms with E-state index >= 15 is 0 Å². The highest BCUT2D eigenvalue weighted by Gasteiger charge is 2.09. The van der Waals surface area contributed by atoms with Gasteiger partial charge in [0.05, 0.1) is 14.2 Å². The molecule has 0 unspecified atom stereocenters. The average Bonchev–Trinajstić information content (AvgIpc) is 3.06. The molecule has 0 radical (unpaired) electrons. The number of hydrogen-bond acceptors (Lipinski definition) is 4. The summed E-state index contributed by atoms with van der Waals surface area (Å²) in [6.07, 6.45) is 3.72. The lowest BCUT2D eigenvalue weighted by Gasteiger charge is -2.11. The molecule has 0 atom stereocenters. The molecule has 0 saturated heterocycles. The Kier molecular flexibility index (Phi) is 5.22. The minimum absolute atomic E-state index is 0.178. The number of aryl methyl sites for hydroxylation is 1. The van der Waals surface area contributed by atoms with Gasteiger partial charge in [0.15, 0.2) is 11.5 Å². The van der Waals surface area contributed by atoms with Crippen LogP contribution in [0.1, 0.15) is 21.7 Å². The molecule has 3 aromatic rings. The number of ether oxygens (including phenoxy) is 2. The molecule has 6 heteroatoms. The fourth-order valence-corrected chi connectivity index (χ4v) is 2.65. The van der Waals surface area contributed by atoms with Crippen LogP contribution < -0.4 is 14.8 Å². The summed E-state index contributed by atoms with van der Waals surface area (Å²) in [4.78, 5) is 16.7. The van der Waals surface area contributed by atoms with Crippen LogP contribution in [-0.4, -0.2) is 29.7 Å². The molecule has 0 aliphatic rings. The highest BCUT2D eigenvalue weighted by Crippen LogP contribution is 2.29. The van der Waals surface area contributed by atoms with E-state index in [1.807, 2.05) is 37.4 Å². The molecule has 0 saturated carbocycles. The molecule has 2 aromatic carbocycles. The maximum absolute atomic E-state index is 12.5. The average molecular weight is 351 g/mol. The molecule has 0 spiro atoms. The fraction of sp³-hybridized carbons (Fsp3) is 0.200. The highest BCUT2D eigenvalue weighted by atomic mass is 16.5. The number of methoxy groups -OCH3 is 2. The predicted octanol–water partition coefficient (Wildman–Crippen LogP) is 3.51. The molecule has 1 amide bonds. The lowest BCUT2D eigenvalue weighted by atomic mass is 10.1. The molecule has 0 aliphatic carbocycles. The number of carbonyl (C=O) groups excluding carboxylic acids is 1. The van der Waals surface area contributed by atoms with E-state index in [9.17, 15) is 4.79 Å². The van der Waals surface area contributed by atoms with Crippen molar-refractivity contribution in [2.45, 2.75) is 13.5 Å². The first-order chi connectivity index (χ1) is 12.6. The Morgan fingerprint density at radius 1 is 1.08 bits per heavy atom. The van der Waals surface area contributed by atoms with Crippen LogP contribution in [-0.2, 0) is 6.54 Å². The minimum atomic E-state index is -0.178. The summed E-state index contributed by atoms with van der Waals surface area (Å²) in [6.45, 7) is 2.69. The topological polar surface area (TPSA) is 65.4 Å². The van der Waals surface area contributed by atoms with Gasteiger partial charge in [-0.3, -0.25) is 4.79 Å². The van der Waals surface area contributed by atoms with Crippen molar-refractivity contribution >= 4 is 11.6 Å². The Morgan fingerprint density at radius 2 is 1.81 bits per heavy atom. The molecule has 0 bridgehead atoms. The van der Waals surface area contributed by atoms with Crippen LogP contribution in [0.3, 0.4) is 0 Å². The van der Waals surface area contributed by atoms with Crippen molar-refractivity contribution in [3.63, 3.8) is 0 Å². The Morgan fingerprint density at radius 3 is 2.42 bits per heavy atom. The van der Waals surface area contributed by atoms with Crippen molar-refractivity contribution in [3.8, 4) is 11.5 Å². The molecular weight excluding hydrogens is 330 g/mol. The van der Waals surface area contributed by atoms with Crippen LogP contribution in [0.15, 0.2) is 54.9 Å². The van der Waals surface area contributed by atoms with Crippen molar-refractivity contribution in [1.82, 2.24) is 9.55 Å². The summed E-state index contributed by atoms with van der Waals surface area (Å²) in [6, 6.07) is 12.8. The van der Waals surface area contributed by atoms with Crippen molar-refractivity contribution < 1.29 is 14.3 Å². The maximum atomic E-state index is 12.5. The Hall–Kier alpha value is -3.28. The lowest BCUT2D eigenvalue weighted by Crippen LogP contribution is -2.12. The summed E-state index contributed by atoms with van der Waals surface area (Å²) >= 11 is 0. The molecule has 1 aromatic heterocycles. The molecular formula is C20H21N3O3. The van der Waals surface area contributed by atoms with Gasteiger partial charge in [-0.2, -0.15) is 0 Å². The third kappa shape index (κ3) is 3.85. The number of hydrogen-bond donors (Lipinski definition) is 1. The Labute approximate surface area is 152 Å². The van der Waals surface area contributed by atoms with Gasteiger partial charge in [-0.25, -0.2) is 4.98 Å². The number of benzene rings is 2. The van der Waals surface area contributed by atoms with Crippen LogP contribution in [0.5, 0.6) is 11.5 Å². The number of imidazole rings is 1. The van der Waals surface area contributed by atoms with Gasteiger partial charge in [0.1, 0.15) is 5.82 Å². The number of amides is 1. The van der Waals surface area contributed by atoms with Crippen molar-refractivity contribution in [2.75, 3.05) is 19.5 Å². The predicted molar refractivity (Wildman–Crippen MR) is 100 cm³/mol. The van der Waals surface area contributed by atoms with Gasteiger partial charge < -0.3 is 19.4 Å². The summed E-state index contributed by atoms with van der Waals surface area (Å²) in [7, 11) is 3.13. The van der Waals surface area contributed by atoms with Crippen LogP contribution in [0, 0.1) is 6.92 Å². The number of anilines is 1. The second-order valence-corrected chi connectivity index (χ2v) is 5.82. The monoisotopic (exact) mass is 351 g/mol. The van der Waals surface area contributed by atoms with Crippen LogP contribution >= 0.6 is 0 Å². The van der Waals surface area contributed by atoms with E-state index < -0.39 is 0 Å². The van der Waals surface area contributed by atoms with Crippen LogP contribution in [0.25, 0.3) is 0 Å². The largest absolute Gasteiger partial charge is 0.493 e. The maximum Gasteiger partial charge on any atom is 0.255 e. The van der Waals surface area contributed by atoms with E-state index in [1.165, 1.54) is 0 Å². The zero-order chi connectivity index (χ0) is 18.5. The zero-order valence-electron chi connectivity index (χ0n) is 15.0. The Bertz CT molecular complexity index is 901. The molecule has 0 aliphatic heterocycles. The third-order valence-electron chi connectivity index (χ3n) is 4.13. The highest BCUT2D eigenvalue weighted by molar-refractivity contribution is 6.04. The SMILES string of the molecule is COc1ccc(NC(=O)c2ccc(Cn3ccnc3C)cc2)cc1OC. The van der Waals surface area contributed by atoms with Gasteiger partial charge in [0, 0.05) is 36.3 Å². The third-order valence-corrected chi connectivity index (χ3v) is 4.13. The van der Waals surface area contributed by atoms with Gasteiger partial charge in [-0.15, -0.1) is 0 Å².